The summed E-state index contributed by atoms with van der Waals surface area (Å²) in [5.74, 6) is 1.07. The van der Waals surface area contributed by atoms with Gasteiger partial charge in [-0.05, 0) is 19.9 Å². The molecule has 0 fully saturated rings. The van der Waals surface area contributed by atoms with E-state index >= 15 is 0 Å². The van der Waals surface area contributed by atoms with Crippen molar-refractivity contribution in [3.8, 4) is 5.75 Å². The molecule has 1 atom stereocenters. The SMILES string of the molecule is CCN=C(N)Nc1cccc([C@H](C)N)c1OC. The molecule has 0 heterocycles. The van der Waals surface area contributed by atoms with Crippen molar-refractivity contribution >= 4 is 11.6 Å². The van der Waals surface area contributed by atoms with Crippen molar-refractivity contribution in [2.45, 2.75) is 19.9 Å². The van der Waals surface area contributed by atoms with Gasteiger partial charge in [0, 0.05) is 18.2 Å². The van der Waals surface area contributed by atoms with Gasteiger partial charge in [0.1, 0.15) is 5.75 Å². The van der Waals surface area contributed by atoms with Crippen LogP contribution in [0.15, 0.2) is 23.2 Å². The number of rotatable bonds is 4. The van der Waals surface area contributed by atoms with Crippen LogP contribution in [-0.2, 0) is 0 Å². The highest BCUT2D eigenvalue weighted by atomic mass is 16.5. The highest BCUT2D eigenvalue weighted by Gasteiger charge is 2.12. The van der Waals surface area contributed by atoms with Gasteiger partial charge in [0.2, 0.25) is 0 Å². The van der Waals surface area contributed by atoms with Crippen LogP contribution in [0.5, 0.6) is 5.75 Å². The van der Waals surface area contributed by atoms with Gasteiger partial charge in [0.05, 0.1) is 12.8 Å². The molecule has 17 heavy (non-hydrogen) atoms. The number of methoxy groups -OCH3 is 1. The molecule has 1 aromatic rings. The highest BCUT2D eigenvalue weighted by Crippen LogP contribution is 2.31. The van der Waals surface area contributed by atoms with Gasteiger partial charge in [-0.2, -0.15) is 0 Å². The molecule has 0 bridgehead atoms. The van der Waals surface area contributed by atoms with Gasteiger partial charge in [-0.3, -0.25) is 4.99 Å². The fraction of sp³-hybridized carbons (Fsp3) is 0.417. The van der Waals surface area contributed by atoms with Crippen molar-refractivity contribution in [2.75, 3.05) is 19.0 Å². The second-order valence-electron chi connectivity index (χ2n) is 3.70. The number of anilines is 1. The molecule has 0 saturated heterocycles. The lowest BCUT2D eigenvalue weighted by molar-refractivity contribution is 0.409. The zero-order valence-corrected chi connectivity index (χ0v) is 10.5. The standard InChI is InChI=1S/C12H20N4O/c1-4-15-12(14)16-10-7-5-6-9(8(2)13)11(10)17-3/h5-8H,4,13H2,1-3H3,(H3,14,15,16)/t8-/m0/s1. The fourth-order valence-corrected chi connectivity index (χ4v) is 1.59. The van der Waals surface area contributed by atoms with E-state index in [-0.39, 0.29) is 6.04 Å². The maximum atomic E-state index is 5.88. The van der Waals surface area contributed by atoms with Crippen molar-refractivity contribution in [3.05, 3.63) is 23.8 Å². The fourth-order valence-electron chi connectivity index (χ4n) is 1.59. The number of guanidine groups is 1. The normalized spacial score (nSPS) is 13.3. The molecular weight excluding hydrogens is 216 g/mol. The lowest BCUT2D eigenvalue weighted by Crippen LogP contribution is -2.23. The van der Waals surface area contributed by atoms with Crippen molar-refractivity contribution < 1.29 is 4.74 Å². The van der Waals surface area contributed by atoms with Gasteiger partial charge < -0.3 is 21.5 Å². The number of hydrogen-bond acceptors (Lipinski definition) is 3. The van der Waals surface area contributed by atoms with Crippen LogP contribution in [-0.4, -0.2) is 19.6 Å². The minimum atomic E-state index is -0.101. The van der Waals surface area contributed by atoms with Crippen LogP contribution in [0.25, 0.3) is 0 Å². The van der Waals surface area contributed by atoms with E-state index in [1.54, 1.807) is 7.11 Å². The first-order valence-electron chi connectivity index (χ1n) is 5.59. The Hall–Kier alpha value is -1.75. The third-order valence-electron chi connectivity index (χ3n) is 2.33. The van der Waals surface area contributed by atoms with Crippen LogP contribution < -0.4 is 21.5 Å². The van der Waals surface area contributed by atoms with E-state index in [2.05, 4.69) is 10.3 Å². The van der Waals surface area contributed by atoms with E-state index in [4.69, 9.17) is 16.2 Å². The number of para-hydroxylation sites is 1. The zero-order valence-electron chi connectivity index (χ0n) is 10.5. The van der Waals surface area contributed by atoms with E-state index in [9.17, 15) is 0 Å². The van der Waals surface area contributed by atoms with Gasteiger partial charge in [-0.25, -0.2) is 0 Å². The van der Waals surface area contributed by atoms with E-state index in [0.717, 1.165) is 11.3 Å². The van der Waals surface area contributed by atoms with E-state index in [0.29, 0.717) is 18.3 Å². The largest absolute Gasteiger partial charge is 0.494 e. The Labute approximate surface area is 102 Å². The van der Waals surface area contributed by atoms with Gasteiger partial charge in [0.15, 0.2) is 5.96 Å². The molecule has 0 saturated carbocycles. The molecule has 0 aliphatic carbocycles. The summed E-state index contributed by atoms with van der Waals surface area (Å²) in [4.78, 5) is 4.07. The van der Waals surface area contributed by atoms with Crippen molar-refractivity contribution in [1.82, 2.24) is 0 Å². The summed E-state index contributed by atoms with van der Waals surface area (Å²) in [5.41, 5.74) is 13.3. The van der Waals surface area contributed by atoms with Crippen LogP contribution >= 0.6 is 0 Å². The third kappa shape index (κ3) is 3.35. The first kappa shape index (κ1) is 13.3. The first-order valence-corrected chi connectivity index (χ1v) is 5.59. The Balaban J connectivity index is 3.07. The average Bonchev–Trinajstić information content (AvgIpc) is 2.28. The molecule has 0 amide bonds. The minimum absolute atomic E-state index is 0.101. The van der Waals surface area contributed by atoms with E-state index < -0.39 is 0 Å². The number of hydrogen-bond donors (Lipinski definition) is 3. The molecule has 1 aromatic carbocycles. The monoisotopic (exact) mass is 236 g/mol. The number of ether oxygens (including phenoxy) is 1. The zero-order chi connectivity index (χ0) is 12.8. The summed E-state index contributed by atoms with van der Waals surface area (Å²) in [7, 11) is 1.61. The summed E-state index contributed by atoms with van der Waals surface area (Å²) in [6, 6.07) is 5.61. The minimum Gasteiger partial charge on any atom is -0.494 e. The van der Waals surface area contributed by atoms with E-state index in [1.807, 2.05) is 32.0 Å². The Kier molecular flexibility index (Phi) is 4.78. The Morgan fingerprint density at radius 2 is 2.24 bits per heavy atom. The Morgan fingerprint density at radius 1 is 1.53 bits per heavy atom. The van der Waals surface area contributed by atoms with Crippen molar-refractivity contribution in [2.24, 2.45) is 16.5 Å². The lowest BCUT2D eigenvalue weighted by Gasteiger charge is -2.16. The van der Waals surface area contributed by atoms with Crippen LogP contribution in [0.1, 0.15) is 25.5 Å². The molecule has 94 valence electrons. The Bertz CT molecular complexity index is 401. The second-order valence-corrected chi connectivity index (χ2v) is 3.70. The number of nitrogens with one attached hydrogen (secondary N) is 1. The molecule has 0 radical (unpaired) electrons. The number of benzene rings is 1. The van der Waals surface area contributed by atoms with Crippen LogP contribution in [0.2, 0.25) is 0 Å². The molecular formula is C12H20N4O. The summed E-state index contributed by atoms with van der Waals surface area (Å²) < 4.78 is 5.36. The molecule has 1 rings (SSSR count). The first-order chi connectivity index (χ1) is 8.10. The maximum absolute atomic E-state index is 5.88. The lowest BCUT2D eigenvalue weighted by atomic mass is 10.1. The van der Waals surface area contributed by atoms with Gasteiger partial charge in [-0.1, -0.05) is 12.1 Å². The third-order valence-corrected chi connectivity index (χ3v) is 2.33. The van der Waals surface area contributed by atoms with Crippen LogP contribution in [0.4, 0.5) is 5.69 Å². The molecule has 0 aromatic heterocycles. The van der Waals surface area contributed by atoms with Crippen molar-refractivity contribution in [1.29, 1.82) is 0 Å². The van der Waals surface area contributed by atoms with Gasteiger partial charge >= 0.3 is 0 Å². The number of aliphatic imine (C=N–C) groups is 1. The highest BCUT2D eigenvalue weighted by molar-refractivity contribution is 5.94. The quantitative estimate of drug-likeness (QED) is 0.545. The van der Waals surface area contributed by atoms with Crippen LogP contribution in [0.3, 0.4) is 0 Å². The second kappa shape index (κ2) is 6.10. The summed E-state index contributed by atoms with van der Waals surface area (Å²) in [6.45, 7) is 4.46. The Morgan fingerprint density at radius 3 is 2.76 bits per heavy atom. The smallest absolute Gasteiger partial charge is 0.193 e. The molecule has 0 aliphatic heterocycles. The molecule has 5 N–H and O–H groups in total. The van der Waals surface area contributed by atoms with Crippen LogP contribution in [0, 0.1) is 0 Å². The average molecular weight is 236 g/mol. The maximum Gasteiger partial charge on any atom is 0.193 e. The number of nitrogens with zero attached hydrogens (tertiary/aromatic N) is 1. The van der Waals surface area contributed by atoms with Gasteiger partial charge in [0.25, 0.3) is 0 Å². The predicted octanol–water partition coefficient (Wildman–Crippen LogP) is 1.46. The number of nitrogens with two attached hydrogens (primary N) is 2. The predicted molar refractivity (Wildman–Crippen MR) is 71.4 cm³/mol. The molecule has 0 aliphatic rings. The summed E-state index contributed by atoms with van der Waals surface area (Å²) >= 11 is 0. The van der Waals surface area contributed by atoms with E-state index in [1.165, 1.54) is 0 Å². The summed E-state index contributed by atoms with van der Waals surface area (Å²) in [6.07, 6.45) is 0. The molecule has 0 unspecified atom stereocenters. The molecule has 5 heteroatoms. The molecule has 5 nitrogen and oxygen atoms in total. The molecule has 0 spiro atoms. The van der Waals surface area contributed by atoms with Crippen molar-refractivity contribution in [3.63, 3.8) is 0 Å². The summed E-state index contributed by atoms with van der Waals surface area (Å²) in [5, 5.41) is 3.00. The topological polar surface area (TPSA) is 85.7 Å². The van der Waals surface area contributed by atoms with Gasteiger partial charge in [-0.15, -0.1) is 0 Å².